The SMILES string of the molecule is Cc1ccc(P(C2=C=CC=C2)c2ccc(C)o2)o1. The van der Waals surface area contributed by atoms with Gasteiger partial charge in [0.15, 0.2) is 0 Å². The normalized spacial score (nSPS) is 13.6. The Bertz CT molecular complexity index is 626. The molecule has 0 amide bonds. The molecule has 0 N–H and O–H groups in total. The number of allylic oxidation sites excluding steroid dienone is 3. The van der Waals surface area contributed by atoms with E-state index in [1.54, 1.807) is 0 Å². The van der Waals surface area contributed by atoms with Gasteiger partial charge >= 0.3 is 0 Å². The molecule has 0 unspecified atom stereocenters. The monoisotopic (exact) mass is 256 g/mol. The molecule has 0 atom stereocenters. The fourth-order valence-electron chi connectivity index (χ4n) is 1.89. The van der Waals surface area contributed by atoms with E-state index in [1.807, 2.05) is 50.3 Å². The third kappa shape index (κ3) is 2.01. The summed E-state index contributed by atoms with van der Waals surface area (Å²) in [5.74, 6) is 1.85. The molecule has 0 bridgehead atoms. The zero-order valence-electron chi connectivity index (χ0n) is 10.3. The van der Waals surface area contributed by atoms with Gasteiger partial charge in [-0.1, -0.05) is 6.08 Å². The Kier molecular flexibility index (Phi) is 2.83. The van der Waals surface area contributed by atoms with E-state index in [9.17, 15) is 0 Å². The van der Waals surface area contributed by atoms with Gasteiger partial charge in [-0.15, -0.1) is 5.73 Å². The summed E-state index contributed by atoms with van der Waals surface area (Å²) >= 11 is 0. The predicted molar refractivity (Wildman–Crippen MR) is 73.8 cm³/mol. The van der Waals surface area contributed by atoms with Crippen molar-refractivity contribution in [2.75, 3.05) is 0 Å². The smallest absolute Gasteiger partial charge is 0.138 e. The van der Waals surface area contributed by atoms with E-state index in [0.717, 1.165) is 27.8 Å². The maximum atomic E-state index is 5.78. The van der Waals surface area contributed by atoms with Crippen molar-refractivity contribution in [1.82, 2.24) is 0 Å². The van der Waals surface area contributed by atoms with Gasteiger partial charge < -0.3 is 8.83 Å². The molecule has 2 aromatic heterocycles. The van der Waals surface area contributed by atoms with E-state index in [2.05, 4.69) is 11.8 Å². The molecule has 0 spiro atoms. The Morgan fingerprint density at radius 1 is 0.944 bits per heavy atom. The maximum absolute atomic E-state index is 5.78. The lowest BCUT2D eigenvalue weighted by molar-refractivity contribution is 0.558. The van der Waals surface area contributed by atoms with Gasteiger partial charge in [-0.2, -0.15) is 0 Å². The fourth-order valence-corrected chi connectivity index (χ4v) is 3.94. The van der Waals surface area contributed by atoms with E-state index in [1.165, 1.54) is 0 Å². The van der Waals surface area contributed by atoms with Crippen molar-refractivity contribution in [3.05, 3.63) is 65.1 Å². The minimum atomic E-state index is -0.756. The van der Waals surface area contributed by atoms with Crippen molar-refractivity contribution in [2.24, 2.45) is 0 Å². The lowest BCUT2D eigenvalue weighted by atomic mass is 10.5. The van der Waals surface area contributed by atoms with E-state index in [0.29, 0.717) is 0 Å². The zero-order valence-corrected chi connectivity index (χ0v) is 11.2. The molecule has 0 fully saturated rings. The fraction of sp³-hybridized carbons (Fsp3) is 0.133. The van der Waals surface area contributed by atoms with Crippen LogP contribution in [0.4, 0.5) is 0 Å². The van der Waals surface area contributed by atoms with E-state index >= 15 is 0 Å². The van der Waals surface area contributed by atoms with Crippen LogP contribution >= 0.6 is 7.92 Å². The van der Waals surface area contributed by atoms with Crippen molar-refractivity contribution < 1.29 is 8.83 Å². The maximum Gasteiger partial charge on any atom is 0.138 e. The summed E-state index contributed by atoms with van der Waals surface area (Å²) in [6.45, 7) is 3.91. The van der Waals surface area contributed by atoms with Gasteiger partial charge in [-0.05, 0) is 50.3 Å². The highest BCUT2D eigenvalue weighted by molar-refractivity contribution is 7.76. The number of hydrogen-bond donors (Lipinski definition) is 0. The molecule has 0 aromatic carbocycles. The van der Waals surface area contributed by atoms with Crippen LogP contribution in [0.5, 0.6) is 0 Å². The second-order valence-electron chi connectivity index (χ2n) is 4.16. The predicted octanol–water partition coefficient (Wildman–Crippen LogP) is 3.53. The summed E-state index contributed by atoms with van der Waals surface area (Å²) in [4.78, 5) is 0. The number of hydrogen-bond acceptors (Lipinski definition) is 2. The van der Waals surface area contributed by atoms with Crippen molar-refractivity contribution in [2.45, 2.75) is 13.8 Å². The molecule has 0 radical (unpaired) electrons. The quantitative estimate of drug-likeness (QED) is 0.620. The third-order valence-corrected chi connectivity index (χ3v) is 4.84. The summed E-state index contributed by atoms with van der Waals surface area (Å²) in [7, 11) is -0.756. The van der Waals surface area contributed by atoms with Crippen LogP contribution in [0.25, 0.3) is 0 Å². The Morgan fingerprint density at radius 3 is 1.94 bits per heavy atom. The molecule has 18 heavy (non-hydrogen) atoms. The van der Waals surface area contributed by atoms with Crippen LogP contribution in [0.3, 0.4) is 0 Å². The standard InChI is InChI=1S/C15H13O2P/c1-11-7-9-14(16-11)18(13-5-3-4-6-13)15-10-8-12(2)17-15/h3-5,7-10H,1-2H3. The van der Waals surface area contributed by atoms with Gasteiger partial charge in [-0.3, -0.25) is 0 Å². The van der Waals surface area contributed by atoms with Crippen molar-refractivity contribution >= 4 is 18.9 Å². The molecule has 3 rings (SSSR count). The highest BCUT2D eigenvalue weighted by Crippen LogP contribution is 2.44. The molecule has 90 valence electrons. The Hall–Kier alpha value is -1.75. The molecule has 0 aliphatic heterocycles. The van der Waals surface area contributed by atoms with Gasteiger partial charge in [-0.25, -0.2) is 0 Å². The average molecular weight is 256 g/mol. The van der Waals surface area contributed by atoms with Gasteiger partial charge in [0.25, 0.3) is 0 Å². The molecule has 1 aliphatic rings. The van der Waals surface area contributed by atoms with E-state index in [-0.39, 0.29) is 0 Å². The molecular formula is C15H13O2P. The molecule has 2 aromatic rings. The highest BCUT2D eigenvalue weighted by atomic mass is 31.1. The number of aryl methyl sites for hydroxylation is 2. The molecule has 3 heteroatoms. The van der Waals surface area contributed by atoms with Crippen LogP contribution in [0, 0.1) is 13.8 Å². The minimum Gasteiger partial charge on any atom is -0.461 e. The topological polar surface area (TPSA) is 26.3 Å². The van der Waals surface area contributed by atoms with Crippen LogP contribution in [0.15, 0.2) is 62.4 Å². The van der Waals surface area contributed by atoms with Gasteiger partial charge in [0.05, 0.1) is 7.92 Å². The summed E-state index contributed by atoms with van der Waals surface area (Å²) in [5.41, 5.74) is 5.18. The van der Waals surface area contributed by atoms with E-state index < -0.39 is 7.92 Å². The van der Waals surface area contributed by atoms with Crippen molar-refractivity contribution in [3.63, 3.8) is 0 Å². The highest BCUT2D eigenvalue weighted by Gasteiger charge is 2.24. The van der Waals surface area contributed by atoms with Crippen molar-refractivity contribution in [3.8, 4) is 0 Å². The number of rotatable bonds is 3. The first kappa shape index (κ1) is 11.3. The first-order valence-corrected chi connectivity index (χ1v) is 7.14. The first-order chi connectivity index (χ1) is 8.74. The minimum absolute atomic E-state index is 0.756. The van der Waals surface area contributed by atoms with Crippen LogP contribution in [0.2, 0.25) is 0 Å². The molecular weight excluding hydrogens is 243 g/mol. The van der Waals surface area contributed by atoms with Gasteiger partial charge in [0.2, 0.25) is 0 Å². The Balaban J connectivity index is 2.09. The van der Waals surface area contributed by atoms with Crippen molar-refractivity contribution in [1.29, 1.82) is 0 Å². The first-order valence-electron chi connectivity index (χ1n) is 5.80. The van der Waals surface area contributed by atoms with Gasteiger partial charge in [0, 0.05) is 5.31 Å². The molecule has 2 nitrogen and oxygen atoms in total. The van der Waals surface area contributed by atoms with Crippen LogP contribution in [0.1, 0.15) is 11.5 Å². The summed E-state index contributed by atoms with van der Waals surface area (Å²) in [6.07, 6.45) is 5.99. The zero-order chi connectivity index (χ0) is 12.5. The lowest BCUT2D eigenvalue weighted by Gasteiger charge is -2.11. The Labute approximate surface area is 107 Å². The van der Waals surface area contributed by atoms with Crippen LogP contribution < -0.4 is 11.0 Å². The van der Waals surface area contributed by atoms with E-state index in [4.69, 9.17) is 8.83 Å². The average Bonchev–Trinajstić information content (AvgIpc) is 3.04. The summed E-state index contributed by atoms with van der Waals surface area (Å²) < 4.78 is 11.6. The lowest BCUT2D eigenvalue weighted by Crippen LogP contribution is -2.08. The Morgan fingerprint density at radius 2 is 1.56 bits per heavy atom. The molecule has 0 saturated heterocycles. The number of furan rings is 2. The summed E-state index contributed by atoms with van der Waals surface area (Å²) in [5, 5.41) is 1.13. The second kappa shape index (κ2) is 4.49. The molecule has 1 aliphatic carbocycles. The van der Waals surface area contributed by atoms with Crippen LogP contribution in [-0.4, -0.2) is 0 Å². The summed E-state index contributed by atoms with van der Waals surface area (Å²) in [6, 6.07) is 8.03. The molecule has 2 heterocycles. The second-order valence-corrected chi connectivity index (χ2v) is 6.19. The molecule has 0 saturated carbocycles. The largest absolute Gasteiger partial charge is 0.461 e. The van der Waals surface area contributed by atoms with Gasteiger partial charge in [0.1, 0.15) is 22.5 Å². The third-order valence-electron chi connectivity index (χ3n) is 2.72. The van der Waals surface area contributed by atoms with Crippen LogP contribution in [-0.2, 0) is 0 Å².